The lowest BCUT2D eigenvalue weighted by Crippen LogP contribution is -2.01. The van der Waals surface area contributed by atoms with E-state index >= 15 is 0 Å². The molecule has 84 valence electrons. The van der Waals surface area contributed by atoms with E-state index in [0.717, 1.165) is 0 Å². The van der Waals surface area contributed by atoms with Gasteiger partial charge in [0.15, 0.2) is 5.82 Å². The topological polar surface area (TPSA) is 29.9 Å². The molecule has 1 N–H and O–H groups in total. The standard InChI is InChI=1S/C10H8Cl2FN3/c1-14-10-15-2-3-16(10)6-4-7(11)9(13)8(12)5-6/h2-5H,1H3,(H,14,15). The molecule has 0 spiro atoms. The van der Waals surface area contributed by atoms with Crippen molar-refractivity contribution in [3.05, 3.63) is 40.4 Å². The second kappa shape index (κ2) is 4.31. The molecule has 0 aliphatic rings. The first-order chi connectivity index (χ1) is 7.63. The maximum atomic E-state index is 13.2. The van der Waals surface area contributed by atoms with E-state index < -0.39 is 5.82 Å². The van der Waals surface area contributed by atoms with Gasteiger partial charge < -0.3 is 5.32 Å². The van der Waals surface area contributed by atoms with Gasteiger partial charge in [-0.15, -0.1) is 0 Å². The smallest absolute Gasteiger partial charge is 0.207 e. The number of nitrogens with zero attached hydrogens (tertiary/aromatic N) is 2. The molecule has 0 unspecified atom stereocenters. The van der Waals surface area contributed by atoms with Gasteiger partial charge in [-0.05, 0) is 12.1 Å². The van der Waals surface area contributed by atoms with Gasteiger partial charge in [0.25, 0.3) is 0 Å². The molecule has 6 heteroatoms. The molecule has 0 amide bonds. The SMILES string of the molecule is CNc1nccn1-c1cc(Cl)c(F)c(Cl)c1. The van der Waals surface area contributed by atoms with Crippen molar-refractivity contribution in [3.63, 3.8) is 0 Å². The second-order valence-corrected chi connectivity index (χ2v) is 3.91. The van der Waals surface area contributed by atoms with Gasteiger partial charge in [0, 0.05) is 19.4 Å². The van der Waals surface area contributed by atoms with Crippen molar-refractivity contribution >= 4 is 29.2 Å². The zero-order valence-electron chi connectivity index (χ0n) is 8.34. The van der Waals surface area contributed by atoms with E-state index in [1.807, 2.05) is 0 Å². The average Bonchev–Trinajstić information content (AvgIpc) is 2.73. The van der Waals surface area contributed by atoms with Crippen molar-refractivity contribution in [2.45, 2.75) is 0 Å². The normalized spacial score (nSPS) is 10.5. The van der Waals surface area contributed by atoms with Gasteiger partial charge >= 0.3 is 0 Å². The number of hydrogen-bond acceptors (Lipinski definition) is 2. The number of halogens is 3. The Labute approximate surface area is 102 Å². The third kappa shape index (κ3) is 1.86. The first-order valence-electron chi connectivity index (χ1n) is 4.49. The Morgan fingerprint density at radius 1 is 1.31 bits per heavy atom. The predicted molar refractivity (Wildman–Crippen MR) is 63.1 cm³/mol. The molecule has 0 saturated heterocycles. The largest absolute Gasteiger partial charge is 0.358 e. The molecule has 0 atom stereocenters. The van der Waals surface area contributed by atoms with Gasteiger partial charge in [0.1, 0.15) is 0 Å². The van der Waals surface area contributed by atoms with Crippen LogP contribution in [0, 0.1) is 5.82 Å². The Balaban J connectivity index is 2.57. The number of imidazole rings is 1. The predicted octanol–water partition coefficient (Wildman–Crippen LogP) is 3.36. The Bertz CT molecular complexity index is 502. The van der Waals surface area contributed by atoms with Crippen LogP contribution in [-0.2, 0) is 0 Å². The van der Waals surface area contributed by atoms with E-state index in [1.54, 1.807) is 24.0 Å². The van der Waals surface area contributed by atoms with E-state index in [2.05, 4.69) is 10.3 Å². The number of rotatable bonds is 2. The van der Waals surface area contributed by atoms with Crippen molar-refractivity contribution < 1.29 is 4.39 Å². The summed E-state index contributed by atoms with van der Waals surface area (Å²) >= 11 is 11.4. The molecule has 0 bridgehead atoms. The molecule has 1 aromatic carbocycles. The minimum atomic E-state index is -0.613. The van der Waals surface area contributed by atoms with Crippen LogP contribution in [0.15, 0.2) is 24.5 Å². The van der Waals surface area contributed by atoms with Crippen LogP contribution in [0.3, 0.4) is 0 Å². The lowest BCUT2D eigenvalue weighted by molar-refractivity contribution is 0.628. The average molecular weight is 260 g/mol. The van der Waals surface area contributed by atoms with Crippen LogP contribution in [0.25, 0.3) is 5.69 Å². The molecular formula is C10H8Cl2FN3. The van der Waals surface area contributed by atoms with E-state index in [0.29, 0.717) is 11.6 Å². The highest BCUT2D eigenvalue weighted by Crippen LogP contribution is 2.27. The molecule has 0 radical (unpaired) electrons. The number of aromatic nitrogens is 2. The first-order valence-corrected chi connectivity index (χ1v) is 5.25. The molecule has 16 heavy (non-hydrogen) atoms. The van der Waals surface area contributed by atoms with Gasteiger partial charge in [-0.25, -0.2) is 9.37 Å². The Morgan fingerprint density at radius 2 is 1.94 bits per heavy atom. The van der Waals surface area contributed by atoms with Crippen LogP contribution in [-0.4, -0.2) is 16.6 Å². The zero-order chi connectivity index (χ0) is 11.7. The fourth-order valence-electron chi connectivity index (χ4n) is 1.38. The summed E-state index contributed by atoms with van der Waals surface area (Å²) in [5.74, 6) is 0.0111. The van der Waals surface area contributed by atoms with Crippen LogP contribution in [0.1, 0.15) is 0 Å². The van der Waals surface area contributed by atoms with Crippen molar-refractivity contribution in [2.75, 3.05) is 12.4 Å². The molecule has 0 aliphatic heterocycles. The summed E-state index contributed by atoms with van der Waals surface area (Å²) in [5.41, 5.74) is 0.651. The highest BCUT2D eigenvalue weighted by molar-refractivity contribution is 6.35. The van der Waals surface area contributed by atoms with E-state index in [4.69, 9.17) is 23.2 Å². The fourth-order valence-corrected chi connectivity index (χ4v) is 1.85. The number of nitrogens with one attached hydrogen (secondary N) is 1. The highest BCUT2D eigenvalue weighted by atomic mass is 35.5. The van der Waals surface area contributed by atoms with Crippen molar-refractivity contribution in [1.29, 1.82) is 0 Å². The number of anilines is 1. The molecule has 0 fully saturated rings. The quantitative estimate of drug-likeness (QED) is 0.839. The summed E-state index contributed by atoms with van der Waals surface area (Å²) in [7, 11) is 1.74. The molecular weight excluding hydrogens is 252 g/mol. The maximum Gasteiger partial charge on any atom is 0.207 e. The highest BCUT2D eigenvalue weighted by Gasteiger charge is 2.10. The van der Waals surface area contributed by atoms with Gasteiger partial charge in [-0.2, -0.15) is 0 Å². The fraction of sp³-hybridized carbons (Fsp3) is 0.100. The third-order valence-corrected chi connectivity index (χ3v) is 2.66. The minimum Gasteiger partial charge on any atom is -0.358 e. The molecule has 1 aromatic heterocycles. The monoisotopic (exact) mass is 259 g/mol. The summed E-state index contributed by atoms with van der Waals surface area (Å²) in [6.07, 6.45) is 3.35. The van der Waals surface area contributed by atoms with Gasteiger partial charge in [0.05, 0.1) is 15.7 Å². The Hall–Kier alpha value is -1.26. The molecule has 2 aromatic rings. The number of hydrogen-bond donors (Lipinski definition) is 1. The third-order valence-electron chi connectivity index (χ3n) is 2.11. The summed E-state index contributed by atoms with van der Waals surface area (Å²) < 4.78 is 14.9. The Kier molecular flexibility index (Phi) is 3.03. The zero-order valence-corrected chi connectivity index (χ0v) is 9.85. The molecule has 0 saturated carbocycles. The van der Waals surface area contributed by atoms with Gasteiger partial charge in [-0.3, -0.25) is 4.57 Å². The van der Waals surface area contributed by atoms with E-state index in [-0.39, 0.29) is 10.0 Å². The van der Waals surface area contributed by atoms with Gasteiger partial charge in [-0.1, -0.05) is 23.2 Å². The molecule has 1 heterocycles. The molecule has 0 aliphatic carbocycles. The van der Waals surface area contributed by atoms with Crippen LogP contribution in [0.5, 0.6) is 0 Å². The van der Waals surface area contributed by atoms with Crippen molar-refractivity contribution in [1.82, 2.24) is 9.55 Å². The van der Waals surface area contributed by atoms with Crippen LogP contribution < -0.4 is 5.32 Å². The summed E-state index contributed by atoms with van der Waals surface area (Å²) in [6.45, 7) is 0. The van der Waals surface area contributed by atoms with E-state index in [9.17, 15) is 4.39 Å². The van der Waals surface area contributed by atoms with Crippen LogP contribution >= 0.6 is 23.2 Å². The lowest BCUT2D eigenvalue weighted by Gasteiger charge is -2.08. The van der Waals surface area contributed by atoms with Crippen LogP contribution in [0.4, 0.5) is 10.3 Å². The van der Waals surface area contributed by atoms with Crippen molar-refractivity contribution in [2.24, 2.45) is 0 Å². The number of benzene rings is 1. The Morgan fingerprint density at radius 3 is 2.50 bits per heavy atom. The minimum absolute atomic E-state index is 0.0155. The molecule has 2 rings (SSSR count). The first kappa shape index (κ1) is 11.2. The maximum absolute atomic E-state index is 13.2. The summed E-state index contributed by atoms with van der Waals surface area (Å²) in [4.78, 5) is 4.06. The summed E-state index contributed by atoms with van der Waals surface area (Å²) in [5, 5.41) is 2.87. The van der Waals surface area contributed by atoms with Gasteiger partial charge in [0.2, 0.25) is 5.95 Å². The summed E-state index contributed by atoms with van der Waals surface area (Å²) in [6, 6.07) is 2.98. The lowest BCUT2D eigenvalue weighted by atomic mass is 10.3. The second-order valence-electron chi connectivity index (χ2n) is 3.09. The van der Waals surface area contributed by atoms with Crippen LogP contribution in [0.2, 0.25) is 10.0 Å². The molecule has 3 nitrogen and oxygen atoms in total. The van der Waals surface area contributed by atoms with Crippen molar-refractivity contribution in [3.8, 4) is 5.69 Å². The van der Waals surface area contributed by atoms with E-state index in [1.165, 1.54) is 12.1 Å².